The Balaban J connectivity index is 1.22. The Morgan fingerprint density at radius 2 is 1.45 bits per heavy atom. The summed E-state index contributed by atoms with van der Waals surface area (Å²) in [4.78, 5) is 25.6. The monoisotopic (exact) mass is 579 g/mol. The fourth-order valence-electron chi connectivity index (χ4n) is 4.57. The lowest BCUT2D eigenvalue weighted by atomic mass is 10.0. The van der Waals surface area contributed by atoms with Crippen molar-refractivity contribution < 1.29 is 24.2 Å². The lowest BCUT2D eigenvalue weighted by Crippen LogP contribution is -2.42. The van der Waals surface area contributed by atoms with E-state index in [1.165, 1.54) is 16.9 Å². The number of carbonyl (C=O) groups is 2. The van der Waals surface area contributed by atoms with E-state index in [0.29, 0.717) is 17.2 Å². The predicted molar refractivity (Wildman–Crippen MR) is 168 cm³/mol. The predicted octanol–water partition coefficient (Wildman–Crippen LogP) is 7.67. The van der Waals surface area contributed by atoms with Gasteiger partial charge in [-0.3, -0.25) is 4.79 Å². The van der Waals surface area contributed by atoms with Gasteiger partial charge in [0, 0.05) is 11.1 Å². The number of ether oxygens (including phenoxy) is 2. The van der Waals surface area contributed by atoms with Crippen LogP contribution < -0.4 is 14.8 Å². The molecule has 0 saturated heterocycles. The van der Waals surface area contributed by atoms with Crippen molar-refractivity contribution in [1.82, 2.24) is 5.32 Å². The molecule has 5 rings (SSSR count). The van der Waals surface area contributed by atoms with Crippen LogP contribution in [0.5, 0.6) is 11.5 Å². The average Bonchev–Trinajstić information content (AvgIpc) is 3.41. The van der Waals surface area contributed by atoms with Gasteiger partial charge in [0.15, 0.2) is 0 Å². The van der Waals surface area contributed by atoms with Gasteiger partial charge in [-0.15, -0.1) is 11.3 Å². The Hall–Kier alpha value is -4.62. The molecule has 1 amide bonds. The van der Waals surface area contributed by atoms with Gasteiger partial charge in [-0.25, -0.2) is 4.79 Å². The normalized spacial score (nSPS) is 11.8. The number of aryl methyl sites for hydroxylation is 1. The number of amides is 1. The molecule has 1 atom stereocenters. The van der Waals surface area contributed by atoms with Gasteiger partial charge in [0.2, 0.25) is 0 Å². The quantitative estimate of drug-likeness (QED) is 0.168. The number of carboxylic acid groups (broad SMARTS) is 1. The first kappa shape index (κ1) is 28.9. The van der Waals surface area contributed by atoms with Gasteiger partial charge in [-0.05, 0) is 90.9 Å². The van der Waals surface area contributed by atoms with Crippen molar-refractivity contribution in [3.05, 3.63) is 119 Å². The SMILES string of the molecule is Cc1ccc(COc2ccc(CC(NC(=O)c3cc4cc(-c5ccc(OC(C)C)cc5)ccc4s3)C(=O)O)cc2)cc1. The van der Waals surface area contributed by atoms with Gasteiger partial charge in [0.05, 0.1) is 11.0 Å². The highest BCUT2D eigenvalue weighted by molar-refractivity contribution is 7.20. The Morgan fingerprint density at radius 3 is 2.12 bits per heavy atom. The van der Waals surface area contributed by atoms with Crippen LogP contribution in [0.3, 0.4) is 0 Å². The Morgan fingerprint density at radius 1 is 0.810 bits per heavy atom. The molecular weight excluding hydrogens is 546 g/mol. The van der Waals surface area contributed by atoms with Crippen LogP contribution in [-0.2, 0) is 17.8 Å². The number of nitrogens with one attached hydrogen (secondary N) is 1. The first-order chi connectivity index (χ1) is 20.2. The number of rotatable bonds is 11. The van der Waals surface area contributed by atoms with E-state index >= 15 is 0 Å². The smallest absolute Gasteiger partial charge is 0.326 e. The molecule has 0 fully saturated rings. The third-order valence-corrected chi connectivity index (χ3v) is 7.91. The molecule has 0 spiro atoms. The molecule has 1 unspecified atom stereocenters. The second-order valence-electron chi connectivity index (χ2n) is 10.5. The summed E-state index contributed by atoms with van der Waals surface area (Å²) < 4.78 is 12.5. The molecule has 6 nitrogen and oxygen atoms in total. The van der Waals surface area contributed by atoms with Crippen molar-refractivity contribution >= 4 is 33.3 Å². The van der Waals surface area contributed by atoms with Crippen LogP contribution in [0.15, 0.2) is 97.1 Å². The van der Waals surface area contributed by atoms with E-state index in [0.717, 1.165) is 38.1 Å². The van der Waals surface area contributed by atoms with E-state index in [1.54, 1.807) is 0 Å². The van der Waals surface area contributed by atoms with E-state index < -0.39 is 17.9 Å². The molecule has 214 valence electrons. The van der Waals surface area contributed by atoms with E-state index in [4.69, 9.17) is 9.47 Å². The molecule has 0 radical (unpaired) electrons. The Labute approximate surface area is 249 Å². The van der Waals surface area contributed by atoms with Crippen molar-refractivity contribution in [3.8, 4) is 22.6 Å². The zero-order chi connectivity index (χ0) is 29.6. The number of benzene rings is 4. The molecule has 2 N–H and O–H groups in total. The second kappa shape index (κ2) is 12.9. The summed E-state index contributed by atoms with van der Waals surface area (Å²) in [5.74, 6) is 0.0223. The van der Waals surface area contributed by atoms with Crippen molar-refractivity contribution in [1.29, 1.82) is 0 Å². The van der Waals surface area contributed by atoms with Crippen molar-refractivity contribution in [3.63, 3.8) is 0 Å². The van der Waals surface area contributed by atoms with Crippen LogP contribution >= 0.6 is 11.3 Å². The minimum Gasteiger partial charge on any atom is -0.491 e. The van der Waals surface area contributed by atoms with Gasteiger partial charge in [0.25, 0.3) is 5.91 Å². The Bertz CT molecular complexity index is 1670. The lowest BCUT2D eigenvalue weighted by molar-refractivity contribution is -0.139. The van der Waals surface area contributed by atoms with E-state index in [-0.39, 0.29) is 12.5 Å². The highest BCUT2D eigenvalue weighted by Crippen LogP contribution is 2.31. The molecule has 1 heterocycles. The van der Waals surface area contributed by atoms with Crippen LogP contribution in [0, 0.1) is 6.92 Å². The number of carboxylic acids is 1. The fourth-order valence-corrected chi connectivity index (χ4v) is 5.52. The minimum absolute atomic E-state index is 0.109. The molecule has 0 bridgehead atoms. The highest BCUT2D eigenvalue weighted by Gasteiger charge is 2.22. The molecule has 0 aliphatic rings. The highest BCUT2D eigenvalue weighted by atomic mass is 32.1. The van der Waals surface area contributed by atoms with Gasteiger partial charge < -0.3 is 19.9 Å². The molecule has 0 saturated carbocycles. The van der Waals surface area contributed by atoms with Crippen molar-refractivity contribution in [2.75, 3.05) is 0 Å². The first-order valence-corrected chi connectivity index (χ1v) is 14.7. The zero-order valence-corrected chi connectivity index (χ0v) is 24.6. The third kappa shape index (κ3) is 7.36. The molecule has 4 aromatic carbocycles. The van der Waals surface area contributed by atoms with Crippen LogP contribution in [0.1, 0.15) is 40.2 Å². The summed E-state index contributed by atoms with van der Waals surface area (Å²) in [6.45, 7) is 6.47. The number of fused-ring (bicyclic) bond motifs is 1. The number of aliphatic carboxylic acids is 1. The molecule has 1 aromatic heterocycles. The number of hydrogen-bond acceptors (Lipinski definition) is 5. The van der Waals surface area contributed by atoms with E-state index in [9.17, 15) is 14.7 Å². The van der Waals surface area contributed by atoms with Gasteiger partial charge >= 0.3 is 5.97 Å². The standard InChI is InChI=1S/C35H33NO5S/c1-22(2)41-30-15-10-26(11-16-30)27-12-17-32-28(19-27)20-33(42-32)34(37)36-31(35(38)39)18-24-8-13-29(14-9-24)40-21-25-6-4-23(3)5-7-25/h4-17,19-20,22,31H,18,21H2,1-3H3,(H,36,37)(H,38,39). The van der Waals surface area contributed by atoms with Gasteiger partial charge in [0.1, 0.15) is 24.1 Å². The molecule has 42 heavy (non-hydrogen) atoms. The first-order valence-electron chi connectivity index (χ1n) is 13.8. The van der Waals surface area contributed by atoms with Crippen molar-refractivity contribution in [2.45, 2.75) is 45.9 Å². The topological polar surface area (TPSA) is 84.9 Å². The van der Waals surface area contributed by atoms with Gasteiger partial charge in [-0.2, -0.15) is 0 Å². The van der Waals surface area contributed by atoms with Crippen LogP contribution in [0.2, 0.25) is 0 Å². The summed E-state index contributed by atoms with van der Waals surface area (Å²) in [5.41, 5.74) is 5.12. The van der Waals surface area contributed by atoms with E-state index in [2.05, 4.69) is 5.32 Å². The summed E-state index contributed by atoms with van der Waals surface area (Å²) in [6.07, 6.45) is 0.267. The van der Waals surface area contributed by atoms with Gasteiger partial charge in [-0.1, -0.05) is 60.2 Å². The fraction of sp³-hybridized carbons (Fsp3) is 0.200. The zero-order valence-electron chi connectivity index (χ0n) is 23.8. The Kier molecular flexibility index (Phi) is 8.88. The third-order valence-electron chi connectivity index (χ3n) is 6.79. The van der Waals surface area contributed by atoms with Crippen LogP contribution in [0.4, 0.5) is 0 Å². The maximum absolute atomic E-state index is 13.1. The van der Waals surface area contributed by atoms with E-state index in [1.807, 2.05) is 118 Å². The van der Waals surface area contributed by atoms with Crippen LogP contribution in [-0.4, -0.2) is 29.1 Å². The maximum atomic E-state index is 13.1. The summed E-state index contributed by atoms with van der Waals surface area (Å²) >= 11 is 1.34. The summed E-state index contributed by atoms with van der Waals surface area (Å²) in [7, 11) is 0. The second-order valence-corrected chi connectivity index (χ2v) is 11.6. The average molecular weight is 580 g/mol. The molecule has 7 heteroatoms. The minimum atomic E-state index is -1.09. The molecule has 0 aliphatic carbocycles. The maximum Gasteiger partial charge on any atom is 0.326 e. The molecular formula is C35H33NO5S. The van der Waals surface area contributed by atoms with Crippen LogP contribution in [0.25, 0.3) is 21.2 Å². The number of thiophene rings is 1. The molecule has 0 aliphatic heterocycles. The molecule has 5 aromatic rings. The lowest BCUT2D eigenvalue weighted by Gasteiger charge is -2.14. The largest absolute Gasteiger partial charge is 0.491 e. The summed E-state index contributed by atoms with van der Waals surface area (Å²) in [6, 6.07) is 30.2. The summed E-state index contributed by atoms with van der Waals surface area (Å²) in [5, 5.41) is 13.5. The number of carbonyl (C=O) groups excluding carboxylic acids is 1. The van der Waals surface area contributed by atoms with Crippen molar-refractivity contribution in [2.24, 2.45) is 0 Å². The number of hydrogen-bond donors (Lipinski definition) is 2.